The standard InChI is InChI=1S/C13H8ClNO3S/c14-11-7-8-19-13(11)12(16)6-3-9-1-4-10(5-2-9)15(17)18/h1-8H. The summed E-state index contributed by atoms with van der Waals surface area (Å²) >= 11 is 7.13. The van der Waals surface area contributed by atoms with Crippen LogP contribution in [-0.4, -0.2) is 10.7 Å². The van der Waals surface area contributed by atoms with Gasteiger partial charge >= 0.3 is 0 Å². The average Bonchev–Trinajstić information content (AvgIpc) is 2.83. The van der Waals surface area contributed by atoms with Crippen LogP contribution in [0.1, 0.15) is 15.2 Å². The van der Waals surface area contributed by atoms with E-state index in [2.05, 4.69) is 0 Å². The van der Waals surface area contributed by atoms with Crippen molar-refractivity contribution >= 4 is 40.5 Å². The van der Waals surface area contributed by atoms with Crippen molar-refractivity contribution in [1.82, 2.24) is 0 Å². The minimum Gasteiger partial charge on any atom is -0.288 e. The van der Waals surface area contributed by atoms with Crippen molar-refractivity contribution in [2.45, 2.75) is 0 Å². The van der Waals surface area contributed by atoms with Gasteiger partial charge in [0.25, 0.3) is 5.69 Å². The Kier molecular flexibility index (Phi) is 4.09. The van der Waals surface area contributed by atoms with Gasteiger partial charge in [0.05, 0.1) is 14.8 Å². The molecular weight excluding hydrogens is 286 g/mol. The number of thiophene rings is 1. The molecule has 0 fully saturated rings. The highest BCUT2D eigenvalue weighted by atomic mass is 35.5. The zero-order valence-corrected chi connectivity index (χ0v) is 11.1. The van der Waals surface area contributed by atoms with Crippen LogP contribution in [0.5, 0.6) is 0 Å². The first-order chi connectivity index (χ1) is 9.08. The van der Waals surface area contributed by atoms with E-state index in [1.54, 1.807) is 29.7 Å². The quantitative estimate of drug-likeness (QED) is 0.367. The molecule has 0 radical (unpaired) electrons. The van der Waals surface area contributed by atoms with E-state index in [-0.39, 0.29) is 11.5 Å². The number of benzene rings is 1. The number of hydrogen-bond acceptors (Lipinski definition) is 4. The lowest BCUT2D eigenvalue weighted by Gasteiger charge is -1.94. The Hall–Kier alpha value is -1.98. The molecular formula is C13H8ClNO3S. The van der Waals surface area contributed by atoms with Crippen LogP contribution in [0.25, 0.3) is 6.08 Å². The maximum Gasteiger partial charge on any atom is 0.269 e. The van der Waals surface area contributed by atoms with E-state index in [0.29, 0.717) is 15.5 Å². The summed E-state index contributed by atoms with van der Waals surface area (Å²) in [4.78, 5) is 22.3. The van der Waals surface area contributed by atoms with Gasteiger partial charge in [-0.15, -0.1) is 11.3 Å². The minimum atomic E-state index is -0.468. The fourth-order valence-electron chi connectivity index (χ4n) is 1.42. The SMILES string of the molecule is O=C(C=Cc1ccc([N+](=O)[O-])cc1)c1sccc1Cl. The number of nitro groups is 1. The third kappa shape index (κ3) is 3.27. The number of ketones is 1. The molecule has 2 rings (SSSR count). The highest BCUT2D eigenvalue weighted by molar-refractivity contribution is 7.13. The predicted octanol–water partition coefficient (Wildman–Crippen LogP) is 4.21. The fraction of sp³-hybridized carbons (Fsp3) is 0. The van der Waals surface area contributed by atoms with Gasteiger partial charge in [0.2, 0.25) is 0 Å². The Morgan fingerprint density at radius 2 is 1.95 bits per heavy atom. The molecule has 0 unspecified atom stereocenters. The molecule has 0 aliphatic rings. The third-order valence-electron chi connectivity index (χ3n) is 2.37. The van der Waals surface area contributed by atoms with Crippen LogP contribution in [0.2, 0.25) is 5.02 Å². The van der Waals surface area contributed by atoms with Gasteiger partial charge < -0.3 is 0 Å². The smallest absolute Gasteiger partial charge is 0.269 e. The second-order valence-electron chi connectivity index (χ2n) is 3.64. The van der Waals surface area contributed by atoms with Crippen LogP contribution in [-0.2, 0) is 0 Å². The van der Waals surface area contributed by atoms with E-state index in [1.165, 1.54) is 29.5 Å². The summed E-state index contributed by atoms with van der Waals surface area (Å²) in [5.41, 5.74) is 0.733. The monoisotopic (exact) mass is 293 g/mol. The molecule has 1 heterocycles. The molecule has 1 aromatic carbocycles. The van der Waals surface area contributed by atoms with Crippen molar-refractivity contribution in [2.75, 3.05) is 0 Å². The number of nitrogens with zero attached hydrogens (tertiary/aromatic N) is 1. The maximum atomic E-state index is 11.8. The molecule has 1 aromatic heterocycles. The van der Waals surface area contributed by atoms with Crippen molar-refractivity contribution in [3.8, 4) is 0 Å². The summed E-state index contributed by atoms with van der Waals surface area (Å²) in [6.07, 6.45) is 3.00. The van der Waals surface area contributed by atoms with E-state index in [4.69, 9.17) is 11.6 Å². The van der Waals surface area contributed by atoms with Gasteiger partial charge in [0.15, 0.2) is 5.78 Å². The largest absolute Gasteiger partial charge is 0.288 e. The Balaban J connectivity index is 2.13. The third-order valence-corrected chi connectivity index (χ3v) is 3.73. The van der Waals surface area contributed by atoms with Crippen molar-refractivity contribution < 1.29 is 9.72 Å². The minimum absolute atomic E-state index is 0.0183. The predicted molar refractivity (Wildman–Crippen MR) is 75.8 cm³/mol. The first-order valence-electron chi connectivity index (χ1n) is 5.28. The number of carbonyl (C=O) groups excluding carboxylic acids is 1. The second kappa shape index (κ2) is 5.77. The number of carbonyl (C=O) groups is 1. The molecule has 2 aromatic rings. The Morgan fingerprint density at radius 1 is 1.26 bits per heavy atom. The normalized spacial score (nSPS) is 10.8. The molecule has 6 heteroatoms. The summed E-state index contributed by atoms with van der Waals surface area (Å²) < 4.78 is 0. The molecule has 96 valence electrons. The number of nitro benzene ring substituents is 1. The van der Waals surface area contributed by atoms with E-state index in [9.17, 15) is 14.9 Å². The summed E-state index contributed by atoms with van der Waals surface area (Å²) in [6.45, 7) is 0. The molecule has 0 amide bonds. The van der Waals surface area contributed by atoms with E-state index in [1.807, 2.05) is 0 Å². The molecule has 0 saturated heterocycles. The number of halogens is 1. The van der Waals surface area contributed by atoms with Gasteiger partial charge in [-0.05, 0) is 35.2 Å². The fourth-order valence-corrected chi connectivity index (χ4v) is 2.49. The Morgan fingerprint density at radius 3 is 2.47 bits per heavy atom. The van der Waals surface area contributed by atoms with Gasteiger partial charge in [0.1, 0.15) is 0 Å². The lowest BCUT2D eigenvalue weighted by molar-refractivity contribution is -0.384. The van der Waals surface area contributed by atoms with Crippen LogP contribution in [0.4, 0.5) is 5.69 Å². The highest BCUT2D eigenvalue weighted by Crippen LogP contribution is 2.23. The highest BCUT2D eigenvalue weighted by Gasteiger charge is 2.08. The van der Waals surface area contributed by atoms with Crippen molar-refractivity contribution in [1.29, 1.82) is 0 Å². The van der Waals surface area contributed by atoms with Gasteiger partial charge in [-0.3, -0.25) is 14.9 Å². The van der Waals surface area contributed by atoms with Crippen molar-refractivity contribution in [2.24, 2.45) is 0 Å². The molecule has 0 bridgehead atoms. The van der Waals surface area contributed by atoms with E-state index in [0.717, 1.165) is 0 Å². The number of hydrogen-bond donors (Lipinski definition) is 0. The average molecular weight is 294 g/mol. The van der Waals surface area contributed by atoms with Crippen LogP contribution in [0, 0.1) is 10.1 Å². The van der Waals surface area contributed by atoms with Crippen LogP contribution in [0.15, 0.2) is 41.8 Å². The zero-order chi connectivity index (χ0) is 13.8. The van der Waals surface area contributed by atoms with Gasteiger partial charge in [-0.25, -0.2) is 0 Å². The summed E-state index contributed by atoms with van der Waals surface area (Å²) in [5.74, 6) is -0.182. The molecule has 0 spiro atoms. The van der Waals surface area contributed by atoms with Crippen molar-refractivity contribution in [3.05, 3.63) is 67.4 Å². The van der Waals surface area contributed by atoms with Crippen LogP contribution in [0.3, 0.4) is 0 Å². The number of non-ortho nitro benzene ring substituents is 1. The lowest BCUT2D eigenvalue weighted by Crippen LogP contribution is -1.90. The molecule has 0 N–H and O–H groups in total. The van der Waals surface area contributed by atoms with Gasteiger partial charge in [0, 0.05) is 12.1 Å². The van der Waals surface area contributed by atoms with Gasteiger partial charge in [-0.1, -0.05) is 17.7 Å². The van der Waals surface area contributed by atoms with Crippen LogP contribution >= 0.6 is 22.9 Å². The number of allylic oxidation sites excluding steroid dienone is 1. The Bertz CT molecular complexity index is 646. The summed E-state index contributed by atoms with van der Waals surface area (Å²) in [7, 11) is 0. The zero-order valence-electron chi connectivity index (χ0n) is 9.58. The first kappa shape index (κ1) is 13.5. The Labute approximate surface area is 118 Å². The molecule has 0 aliphatic carbocycles. The van der Waals surface area contributed by atoms with E-state index >= 15 is 0 Å². The van der Waals surface area contributed by atoms with E-state index < -0.39 is 4.92 Å². The molecule has 0 saturated carbocycles. The molecule has 19 heavy (non-hydrogen) atoms. The molecule has 0 aliphatic heterocycles. The molecule has 4 nitrogen and oxygen atoms in total. The van der Waals surface area contributed by atoms with Crippen LogP contribution < -0.4 is 0 Å². The van der Waals surface area contributed by atoms with Gasteiger partial charge in [-0.2, -0.15) is 0 Å². The maximum absolute atomic E-state index is 11.8. The summed E-state index contributed by atoms with van der Waals surface area (Å²) in [5, 5.41) is 12.7. The van der Waals surface area contributed by atoms with Crippen molar-refractivity contribution in [3.63, 3.8) is 0 Å². The second-order valence-corrected chi connectivity index (χ2v) is 4.97. The first-order valence-corrected chi connectivity index (χ1v) is 6.53. The topological polar surface area (TPSA) is 60.2 Å². The molecule has 0 atom stereocenters. The number of rotatable bonds is 4. The summed E-state index contributed by atoms with van der Waals surface area (Å²) in [6, 6.07) is 7.61. The lowest BCUT2D eigenvalue weighted by atomic mass is 10.1.